The Hall–Kier alpha value is -1.94. The molecular weight excluding hydrogens is 224 g/mol. The van der Waals surface area contributed by atoms with E-state index in [-0.39, 0.29) is 0 Å². The number of H-pyrrole nitrogens is 1. The van der Waals surface area contributed by atoms with Crippen molar-refractivity contribution in [3.63, 3.8) is 0 Å². The fourth-order valence-electron chi connectivity index (χ4n) is 1.52. The molecule has 3 aromatic rings. The maximum atomic E-state index is 5.80. The second-order valence-electron chi connectivity index (χ2n) is 3.33. The average molecular weight is 231 g/mol. The quantitative estimate of drug-likeness (QED) is 0.654. The zero-order valence-electron chi connectivity index (χ0n) is 8.18. The lowest BCUT2D eigenvalue weighted by atomic mass is 10.3. The maximum Gasteiger partial charge on any atom is 0.179 e. The molecule has 0 fully saturated rings. The third kappa shape index (κ3) is 1.53. The van der Waals surface area contributed by atoms with Gasteiger partial charge in [0.2, 0.25) is 0 Å². The Bertz CT molecular complexity index is 633. The van der Waals surface area contributed by atoms with Gasteiger partial charge < -0.3 is 4.98 Å². The molecule has 0 saturated carbocycles. The minimum Gasteiger partial charge on any atom is -0.337 e. The predicted molar refractivity (Wildman–Crippen MR) is 62.1 cm³/mol. The van der Waals surface area contributed by atoms with Gasteiger partial charge in [-0.1, -0.05) is 11.6 Å². The van der Waals surface area contributed by atoms with Gasteiger partial charge in [0.1, 0.15) is 11.0 Å². The molecule has 0 atom stereocenters. The van der Waals surface area contributed by atoms with E-state index >= 15 is 0 Å². The Morgan fingerprint density at radius 1 is 1.00 bits per heavy atom. The first-order valence-electron chi connectivity index (χ1n) is 4.75. The normalized spacial score (nSPS) is 10.8. The number of nitrogens with one attached hydrogen (secondary N) is 1. The maximum absolute atomic E-state index is 5.80. The lowest BCUT2D eigenvalue weighted by molar-refractivity contribution is 1.27. The van der Waals surface area contributed by atoms with Crippen LogP contribution < -0.4 is 0 Å². The summed E-state index contributed by atoms with van der Waals surface area (Å²) >= 11 is 5.80. The highest BCUT2D eigenvalue weighted by Gasteiger charge is 2.05. The summed E-state index contributed by atoms with van der Waals surface area (Å²) < 4.78 is 0. The van der Waals surface area contributed by atoms with E-state index in [9.17, 15) is 0 Å². The number of nitrogens with zero attached hydrogens (tertiary/aromatic N) is 3. The summed E-state index contributed by atoms with van der Waals surface area (Å²) in [7, 11) is 0. The largest absolute Gasteiger partial charge is 0.337 e. The number of fused-ring (bicyclic) bond motifs is 1. The Morgan fingerprint density at radius 3 is 2.62 bits per heavy atom. The molecule has 0 aliphatic rings. The fourth-order valence-corrected chi connectivity index (χ4v) is 1.66. The predicted octanol–water partition coefficient (Wildman–Crippen LogP) is 2.67. The van der Waals surface area contributed by atoms with Crippen molar-refractivity contribution in [2.24, 2.45) is 0 Å². The van der Waals surface area contributed by atoms with Crippen LogP contribution in [0, 0.1) is 0 Å². The number of imidazole rings is 1. The van der Waals surface area contributed by atoms with Gasteiger partial charge in [-0.3, -0.25) is 4.98 Å². The Kier molecular flexibility index (Phi) is 2.08. The van der Waals surface area contributed by atoms with Crippen LogP contribution in [-0.2, 0) is 0 Å². The van der Waals surface area contributed by atoms with Gasteiger partial charge in [-0.25, -0.2) is 9.97 Å². The number of pyridine rings is 2. The molecule has 0 radical (unpaired) electrons. The summed E-state index contributed by atoms with van der Waals surface area (Å²) in [5.41, 5.74) is 2.47. The van der Waals surface area contributed by atoms with E-state index in [1.807, 2.05) is 18.2 Å². The monoisotopic (exact) mass is 230 g/mol. The smallest absolute Gasteiger partial charge is 0.179 e. The number of rotatable bonds is 1. The van der Waals surface area contributed by atoms with E-state index in [1.165, 1.54) is 0 Å². The van der Waals surface area contributed by atoms with Gasteiger partial charge in [-0.05, 0) is 24.3 Å². The van der Waals surface area contributed by atoms with Crippen molar-refractivity contribution in [2.75, 3.05) is 0 Å². The molecule has 3 rings (SSSR count). The van der Waals surface area contributed by atoms with Crippen molar-refractivity contribution in [1.29, 1.82) is 0 Å². The minimum atomic E-state index is 0.445. The van der Waals surface area contributed by atoms with E-state index in [0.717, 1.165) is 16.9 Å². The number of aromatic amines is 1. The van der Waals surface area contributed by atoms with Gasteiger partial charge in [0, 0.05) is 18.0 Å². The Balaban J connectivity index is 2.19. The molecule has 0 unspecified atom stereocenters. The molecule has 0 saturated heterocycles. The fraction of sp³-hybridized carbons (Fsp3) is 0. The number of hydrogen-bond acceptors (Lipinski definition) is 3. The molecule has 0 aliphatic carbocycles. The van der Waals surface area contributed by atoms with E-state index in [2.05, 4.69) is 19.9 Å². The molecule has 0 amide bonds. The van der Waals surface area contributed by atoms with Crippen molar-refractivity contribution in [3.8, 4) is 11.4 Å². The first-order valence-corrected chi connectivity index (χ1v) is 5.13. The first-order chi connectivity index (χ1) is 7.83. The molecule has 4 nitrogen and oxygen atoms in total. The van der Waals surface area contributed by atoms with E-state index in [4.69, 9.17) is 11.6 Å². The van der Waals surface area contributed by atoms with Crippen molar-refractivity contribution >= 4 is 22.8 Å². The second-order valence-corrected chi connectivity index (χ2v) is 3.71. The van der Waals surface area contributed by atoms with Gasteiger partial charge in [-0.15, -0.1) is 0 Å². The van der Waals surface area contributed by atoms with Crippen molar-refractivity contribution < 1.29 is 0 Å². The summed E-state index contributed by atoms with van der Waals surface area (Å²) in [4.78, 5) is 15.6. The van der Waals surface area contributed by atoms with Crippen LogP contribution in [0.2, 0.25) is 5.15 Å². The standard InChI is InChI=1S/C11H7ClN4/c12-9-2-1-8-11(15-9)16-10(14-8)7-3-5-13-6-4-7/h1-6H,(H,14,15,16). The zero-order chi connectivity index (χ0) is 11.0. The summed E-state index contributed by atoms with van der Waals surface area (Å²) in [6, 6.07) is 7.37. The molecule has 1 N–H and O–H groups in total. The lowest BCUT2D eigenvalue weighted by Gasteiger charge is -1.92. The molecule has 5 heteroatoms. The lowest BCUT2D eigenvalue weighted by Crippen LogP contribution is -1.80. The summed E-state index contributed by atoms with van der Waals surface area (Å²) in [5, 5.41) is 0.445. The van der Waals surface area contributed by atoms with E-state index in [0.29, 0.717) is 10.8 Å². The Morgan fingerprint density at radius 2 is 1.81 bits per heavy atom. The van der Waals surface area contributed by atoms with Crippen LogP contribution in [0.1, 0.15) is 0 Å². The SMILES string of the molecule is Clc1ccc2[nH]c(-c3ccncc3)nc2n1. The topological polar surface area (TPSA) is 54.5 Å². The summed E-state index contributed by atoms with van der Waals surface area (Å²) in [6.07, 6.45) is 3.45. The van der Waals surface area contributed by atoms with Gasteiger partial charge in [0.15, 0.2) is 5.65 Å². The van der Waals surface area contributed by atoms with Gasteiger partial charge in [0.05, 0.1) is 5.52 Å². The second kappa shape index (κ2) is 3.57. The summed E-state index contributed by atoms with van der Waals surface area (Å²) in [6.45, 7) is 0. The molecule has 0 bridgehead atoms. The highest BCUT2D eigenvalue weighted by Crippen LogP contribution is 2.19. The van der Waals surface area contributed by atoms with Crippen LogP contribution >= 0.6 is 11.6 Å². The molecular formula is C11H7ClN4. The average Bonchev–Trinajstić information content (AvgIpc) is 2.73. The molecule has 16 heavy (non-hydrogen) atoms. The van der Waals surface area contributed by atoms with Crippen molar-refractivity contribution in [2.45, 2.75) is 0 Å². The third-order valence-corrected chi connectivity index (χ3v) is 2.48. The zero-order valence-corrected chi connectivity index (χ0v) is 8.94. The van der Waals surface area contributed by atoms with Crippen LogP contribution in [0.25, 0.3) is 22.6 Å². The first kappa shape index (κ1) is 9.30. The van der Waals surface area contributed by atoms with Crippen LogP contribution in [0.3, 0.4) is 0 Å². The number of aromatic nitrogens is 4. The molecule has 0 aliphatic heterocycles. The van der Waals surface area contributed by atoms with Crippen molar-refractivity contribution in [3.05, 3.63) is 41.8 Å². The van der Waals surface area contributed by atoms with Crippen LogP contribution in [0.5, 0.6) is 0 Å². The van der Waals surface area contributed by atoms with Crippen LogP contribution in [-0.4, -0.2) is 19.9 Å². The summed E-state index contributed by atoms with van der Waals surface area (Å²) in [5.74, 6) is 0.771. The third-order valence-electron chi connectivity index (χ3n) is 2.27. The molecule has 3 heterocycles. The minimum absolute atomic E-state index is 0.445. The molecule has 3 aromatic heterocycles. The van der Waals surface area contributed by atoms with Crippen LogP contribution in [0.15, 0.2) is 36.7 Å². The van der Waals surface area contributed by atoms with Gasteiger partial charge in [0.25, 0.3) is 0 Å². The molecule has 78 valence electrons. The highest BCUT2D eigenvalue weighted by molar-refractivity contribution is 6.29. The van der Waals surface area contributed by atoms with Gasteiger partial charge >= 0.3 is 0 Å². The van der Waals surface area contributed by atoms with Crippen LogP contribution in [0.4, 0.5) is 0 Å². The molecule has 0 spiro atoms. The van der Waals surface area contributed by atoms with Crippen molar-refractivity contribution in [1.82, 2.24) is 19.9 Å². The van der Waals surface area contributed by atoms with E-state index < -0.39 is 0 Å². The highest BCUT2D eigenvalue weighted by atomic mass is 35.5. The number of hydrogen-bond donors (Lipinski definition) is 1. The Labute approximate surface area is 96.3 Å². The van der Waals surface area contributed by atoms with E-state index in [1.54, 1.807) is 18.5 Å². The number of halogens is 1. The van der Waals surface area contributed by atoms with Gasteiger partial charge in [-0.2, -0.15) is 0 Å². The molecule has 0 aromatic carbocycles.